The number of hydrogen-bond acceptors (Lipinski definition) is 1. The van der Waals surface area contributed by atoms with Gasteiger partial charge in [0.25, 0.3) is 0 Å². The summed E-state index contributed by atoms with van der Waals surface area (Å²) in [6.07, 6.45) is 10.9. The minimum atomic E-state index is 0.873. The van der Waals surface area contributed by atoms with Gasteiger partial charge in [-0.15, -0.1) is 0 Å². The number of carbonyl (C=O) groups is 1. The van der Waals surface area contributed by atoms with Crippen molar-refractivity contribution < 1.29 is 4.79 Å². The van der Waals surface area contributed by atoms with Gasteiger partial charge < -0.3 is 0 Å². The third kappa shape index (κ3) is 5.86. The molecule has 90 valence electrons. The topological polar surface area (TPSA) is 17.1 Å². The minimum absolute atomic E-state index is 0.873. The number of benzene rings is 1. The Labute approximate surface area is 104 Å². The third-order valence-corrected chi connectivity index (χ3v) is 2.63. The Bertz CT molecular complexity index is 374. The molecule has 0 amide bonds. The first-order valence-corrected chi connectivity index (χ1v) is 6.21. The number of allylic oxidation sites excluding steroid dienone is 4. The van der Waals surface area contributed by atoms with Crippen LogP contribution >= 0.6 is 0 Å². The molecular weight excluding hydrogens is 208 g/mol. The molecule has 1 rings (SSSR count). The van der Waals surface area contributed by atoms with Crippen molar-refractivity contribution in [2.75, 3.05) is 0 Å². The first-order valence-electron chi connectivity index (χ1n) is 6.21. The van der Waals surface area contributed by atoms with Gasteiger partial charge in [0, 0.05) is 0 Å². The Morgan fingerprint density at radius 2 is 2.00 bits per heavy atom. The summed E-state index contributed by atoms with van der Waals surface area (Å²) in [5.74, 6) is 0. The van der Waals surface area contributed by atoms with Crippen LogP contribution in [-0.4, -0.2) is 6.29 Å². The van der Waals surface area contributed by atoms with E-state index in [0.29, 0.717) is 0 Å². The molecule has 0 aromatic heterocycles. The lowest BCUT2D eigenvalue weighted by atomic mass is 10.1. The molecular formula is C16H20O. The standard InChI is InChI=1S/C16H20O/c1-2-3-8-16(13-14-17)12-7-11-15-9-5-4-6-10-15/h4-7,9-10,12-14H,2-3,8,11H2,1H3. The molecule has 0 aliphatic rings. The summed E-state index contributed by atoms with van der Waals surface area (Å²) >= 11 is 0. The van der Waals surface area contributed by atoms with Gasteiger partial charge in [0.15, 0.2) is 0 Å². The first-order chi connectivity index (χ1) is 8.36. The van der Waals surface area contributed by atoms with Crippen molar-refractivity contribution in [1.82, 2.24) is 0 Å². The van der Waals surface area contributed by atoms with E-state index in [-0.39, 0.29) is 0 Å². The summed E-state index contributed by atoms with van der Waals surface area (Å²) in [5.41, 5.74) is 2.42. The molecule has 0 fully saturated rings. The fourth-order valence-corrected chi connectivity index (χ4v) is 1.65. The SMILES string of the molecule is CCCCC(C=CCc1ccccc1)=CC=O. The molecule has 0 unspecified atom stereocenters. The van der Waals surface area contributed by atoms with Crippen molar-refractivity contribution in [2.45, 2.75) is 32.6 Å². The van der Waals surface area contributed by atoms with E-state index in [2.05, 4.69) is 31.2 Å². The van der Waals surface area contributed by atoms with Crippen molar-refractivity contribution in [2.24, 2.45) is 0 Å². The highest BCUT2D eigenvalue weighted by Gasteiger charge is 1.92. The van der Waals surface area contributed by atoms with Gasteiger partial charge in [0.2, 0.25) is 0 Å². The highest BCUT2D eigenvalue weighted by atomic mass is 16.1. The van der Waals surface area contributed by atoms with E-state index in [9.17, 15) is 4.79 Å². The zero-order chi connectivity index (χ0) is 12.3. The summed E-state index contributed by atoms with van der Waals surface area (Å²) in [6, 6.07) is 10.3. The van der Waals surface area contributed by atoms with Gasteiger partial charge in [0.1, 0.15) is 6.29 Å². The molecule has 0 saturated heterocycles. The predicted octanol–water partition coefficient (Wildman–Crippen LogP) is 4.10. The van der Waals surface area contributed by atoms with Crippen LogP contribution in [0.2, 0.25) is 0 Å². The fourth-order valence-electron chi connectivity index (χ4n) is 1.65. The Morgan fingerprint density at radius 1 is 1.24 bits per heavy atom. The molecule has 0 aliphatic heterocycles. The number of hydrogen-bond donors (Lipinski definition) is 0. The van der Waals surface area contributed by atoms with Crippen molar-refractivity contribution >= 4 is 6.29 Å². The van der Waals surface area contributed by atoms with Gasteiger partial charge in [0.05, 0.1) is 0 Å². The molecule has 17 heavy (non-hydrogen) atoms. The van der Waals surface area contributed by atoms with Crippen molar-refractivity contribution in [3.05, 3.63) is 59.7 Å². The van der Waals surface area contributed by atoms with Gasteiger partial charge in [-0.25, -0.2) is 0 Å². The van der Waals surface area contributed by atoms with E-state index in [1.165, 1.54) is 5.56 Å². The Morgan fingerprint density at radius 3 is 2.65 bits per heavy atom. The fraction of sp³-hybridized carbons (Fsp3) is 0.312. The third-order valence-electron chi connectivity index (χ3n) is 2.63. The second-order valence-electron chi connectivity index (χ2n) is 4.07. The normalized spacial score (nSPS) is 11.9. The van der Waals surface area contributed by atoms with Crippen LogP contribution in [-0.2, 0) is 11.2 Å². The quantitative estimate of drug-likeness (QED) is 0.390. The van der Waals surface area contributed by atoms with Crippen LogP contribution in [0.15, 0.2) is 54.1 Å². The van der Waals surface area contributed by atoms with E-state index >= 15 is 0 Å². The zero-order valence-electron chi connectivity index (χ0n) is 10.4. The molecule has 1 nitrogen and oxygen atoms in total. The van der Waals surface area contributed by atoms with Crippen LogP contribution in [0.1, 0.15) is 31.7 Å². The smallest absolute Gasteiger partial charge is 0.143 e. The second kappa shape index (κ2) is 8.51. The first kappa shape index (κ1) is 13.4. The summed E-state index contributed by atoms with van der Waals surface area (Å²) < 4.78 is 0. The van der Waals surface area contributed by atoms with Crippen LogP contribution in [0.3, 0.4) is 0 Å². The Kier molecular flexibility index (Phi) is 6.73. The average molecular weight is 228 g/mol. The zero-order valence-corrected chi connectivity index (χ0v) is 10.4. The van der Waals surface area contributed by atoms with E-state index < -0.39 is 0 Å². The molecule has 0 atom stereocenters. The molecule has 1 heteroatoms. The molecule has 0 saturated carbocycles. The lowest BCUT2D eigenvalue weighted by Gasteiger charge is -1.99. The summed E-state index contributed by atoms with van der Waals surface area (Å²) in [4.78, 5) is 10.5. The highest BCUT2D eigenvalue weighted by molar-refractivity contribution is 5.67. The molecule has 0 spiro atoms. The van der Waals surface area contributed by atoms with Crippen LogP contribution in [0.25, 0.3) is 0 Å². The molecule has 1 aromatic rings. The lowest BCUT2D eigenvalue weighted by molar-refractivity contribution is -0.104. The maximum Gasteiger partial charge on any atom is 0.143 e. The monoisotopic (exact) mass is 228 g/mol. The van der Waals surface area contributed by atoms with Gasteiger partial charge in [-0.2, -0.15) is 0 Å². The predicted molar refractivity (Wildman–Crippen MR) is 73.0 cm³/mol. The average Bonchev–Trinajstić information content (AvgIpc) is 2.37. The molecule has 0 aliphatic carbocycles. The van der Waals surface area contributed by atoms with Crippen molar-refractivity contribution in [3.63, 3.8) is 0 Å². The van der Waals surface area contributed by atoms with Crippen LogP contribution in [0, 0.1) is 0 Å². The molecule has 0 N–H and O–H groups in total. The summed E-state index contributed by atoms with van der Waals surface area (Å²) in [7, 11) is 0. The van der Waals surface area contributed by atoms with E-state index in [0.717, 1.165) is 37.5 Å². The Balaban J connectivity index is 2.49. The molecule has 0 bridgehead atoms. The van der Waals surface area contributed by atoms with Gasteiger partial charge in [-0.05, 0) is 36.5 Å². The van der Waals surface area contributed by atoms with E-state index in [1.54, 1.807) is 6.08 Å². The summed E-state index contributed by atoms with van der Waals surface area (Å²) in [5, 5.41) is 0. The second-order valence-corrected chi connectivity index (χ2v) is 4.07. The van der Waals surface area contributed by atoms with Crippen molar-refractivity contribution in [1.29, 1.82) is 0 Å². The lowest BCUT2D eigenvalue weighted by Crippen LogP contribution is -1.83. The summed E-state index contributed by atoms with van der Waals surface area (Å²) in [6.45, 7) is 2.16. The maximum absolute atomic E-state index is 10.5. The minimum Gasteiger partial charge on any atom is -0.299 e. The molecule has 0 heterocycles. The van der Waals surface area contributed by atoms with Crippen LogP contribution in [0.5, 0.6) is 0 Å². The number of aldehydes is 1. The van der Waals surface area contributed by atoms with Crippen LogP contribution in [0.4, 0.5) is 0 Å². The number of unbranched alkanes of at least 4 members (excludes halogenated alkanes) is 1. The molecule has 1 aromatic carbocycles. The van der Waals surface area contributed by atoms with Gasteiger partial charge in [-0.1, -0.05) is 55.8 Å². The Hall–Kier alpha value is -1.63. The van der Waals surface area contributed by atoms with E-state index in [4.69, 9.17) is 0 Å². The van der Waals surface area contributed by atoms with Crippen molar-refractivity contribution in [3.8, 4) is 0 Å². The van der Waals surface area contributed by atoms with Gasteiger partial charge >= 0.3 is 0 Å². The van der Waals surface area contributed by atoms with Gasteiger partial charge in [-0.3, -0.25) is 4.79 Å². The maximum atomic E-state index is 10.5. The largest absolute Gasteiger partial charge is 0.299 e. The van der Waals surface area contributed by atoms with Crippen LogP contribution < -0.4 is 0 Å². The van der Waals surface area contributed by atoms with E-state index in [1.807, 2.05) is 18.2 Å². The number of rotatable bonds is 7. The molecule has 0 radical (unpaired) electrons. The number of carbonyl (C=O) groups excluding carboxylic acids is 1. The highest BCUT2D eigenvalue weighted by Crippen LogP contribution is 2.09.